The van der Waals surface area contributed by atoms with Crippen molar-refractivity contribution in [2.45, 2.75) is 25.7 Å². The molecule has 5 aromatic rings. The van der Waals surface area contributed by atoms with Crippen LogP contribution in [-0.2, 0) is 11.8 Å². The van der Waals surface area contributed by atoms with Crippen LogP contribution >= 0.6 is 0 Å². The Morgan fingerprint density at radius 3 is 2.46 bits per heavy atom. The normalized spacial score (nSPS) is 12.2. The number of anilines is 1. The molecule has 0 bridgehead atoms. The molecule has 3 heterocycles. The van der Waals surface area contributed by atoms with Crippen LogP contribution in [0.4, 0.5) is 19.0 Å². The van der Waals surface area contributed by atoms with Crippen molar-refractivity contribution in [3.63, 3.8) is 0 Å². The number of nitrogens with one attached hydrogen (secondary N) is 2. The van der Waals surface area contributed by atoms with E-state index in [-0.39, 0.29) is 16.9 Å². The Morgan fingerprint density at radius 1 is 1.05 bits per heavy atom. The maximum absolute atomic E-state index is 13.4. The molecule has 0 aliphatic heterocycles. The van der Waals surface area contributed by atoms with Gasteiger partial charge in [0.05, 0.1) is 22.5 Å². The van der Waals surface area contributed by atoms with Crippen LogP contribution in [0, 0.1) is 12.7 Å². The molecule has 1 amide bonds. The van der Waals surface area contributed by atoms with Crippen LogP contribution in [0.25, 0.3) is 33.3 Å². The predicted octanol–water partition coefficient (Wildman–Crippen LogP) is 6.42. The van der Waals surface area contributed by atoms with Gasteiger partial charge in [-0.05, 0) is 47.9 Å². The van der Waals surface area contributed by atoms with Crippen LogP contribution < -0.4 is 10.9 Å². The van der Waals surface area contributed by atoms with Crippen LogP contribution in [0.3, 0.4) is 0 Å². The molecule has 0 saturated heterocycles. The Morgan fingerprint density at radius 2 is 1.77 bits per heavy atom. The summed E-state index contributed by atoms with van der Waals surface area (Å²) in [5, 5.41) is 3.18. The number of pyridine rings is 2. The SMILES string of the molecule is Cc1cn(C)c(=O)c2c(-c3ccccc3)c(-c3ccnc(NC(=O)C(CC(F)F)c4ccc(F)cc4)c3)[nH]c12. The molecule has 198 valence electrons. The van der Waals surface area contributed by atoms with Gasteiger partial charge in [-0.1, -0.05) is 42.5 Å². The number of rotatable bonds is 7. The first-order valence-corrected chi connectivity index (χ1v) is 12.3. The summed E-state index contributed by atoms with van der Waals surface area (Å²) in [6, 6.07) is 17.8. The average molecular weight is 531 g/mol. The van der Waals surface area contributed by atoms with E-state index in [1.807, 2.05) is 37.3 Å². The van der Waals surface area contributed by atoms with E-state index in [0.717, 1.165) is 23.3 Å². The molecule has 2 aromatic carbocycles. The highest BCUT2D eigenvalue weighted by atomic mass is 19.3. The van der Waals surface area contributed by atoms with Gasteiger partial charge in [-0.15, -0.1) is 0 Å². The summed E-state index contributed by atoms with van der Waals surface area (Å²) in [6.45, 7) is 1.91. The molecule has 0 saturated carbocycles. The minimum absolute atomic E-state index is 0.154. The number of benzene rings is 2. The van der Waals surface area contributed by atoms with Gasteiger partial charge in [-0.3, -0.25) is 9.59 Å². The number of nitrogens with zero attached hydrogens (tertiary/aromatic N) is 2. The van der Waals surface area contributed by atoms with Gasteiger partial charge in [-0.25, -0.2) is 18.2 Å². The Kier molecular flexibility index (Phi) is 7.06. The van der Waals surface area contributed by atoms with Crippen LogP contribution in [0.1, 0.15) is 23.5 Å². The third kappa shape index (κ3) is 5.20. The van der Waals surface area contributed by atoms with E-state index < -0.39 is 30.5 Å². The molecule has 0 aliphatic rings. The van der Waals surface area contributed by atoms with Gasteiger partial charge in [0.1, 0.15) is 11.6 Å². The van der Waals surface area contributed by atoms with Crippen molar-refractivity contribution in [2.75, 3.05) is 5.32 Å². The average Bonchev–Trinajstić information content (AvgIpc) is 3.33. The van der Waals surface area contributed by atoms with Gasteiger partial charge < -0.3 is 14.9 Å². The maximum atomic E-state index is 13.4. The maximum Gasteiger partial charge on any atom is 0.260 e. The second-order valence-electron chi connectivity index (χ2n) is 9.37. The zero-order valence-electron chi connectivity index (χ0n) is 21.2. The summed E-state index contributed by atoms with van der Waals surface area (Å²) in [5.74, 6) is -2.26. The van der Waals surface area contributed by atoms with Gasteiger partial charge in [0.2, 0.25) is 12.3 Å². The first kappa shape index (κ1) is 26.0. The lowest BCUT2D eigenvalue weighted by Gasteiger charge is -2.17. The van der Waals surface area contributed by atoms with Crippen LogP contribution in [0.5, 0.6) is 0 Å². The molecule has 6 nitrogen and oxygen atoms in total. The summed E-state index contributed by atoms with van der Waals surface area (Å²) in [6.07, 6.45) is -0.206. The number of aryl methyl sites for hydroxylation is 2. The number of carbonyl (C=O) groups is 1. The van der Waals surface area contributed by atoms with E-state index in [0.29, 0.717) is 27.7 Å². The smallest absolute Gasteiger partial charge is 0.260 e. The Balaban J connectivity index is 1.58. The lowest BCUT2D eigenvalue weighted by Crippen LogP contribution is -2.23. The number of fused-ring (bicyclic) bond motifs is 1. The molecule has 0 aliphatic carbocycles. The molecule has 5 rings (SSSR count). The van der Waals surface area contributed by atoms with Crippen molar-refractivity contribution in [3.8, 4) is 22.4 Å². The minimum atomic E-state index is -2.74. The van der Waals surface area contributed by atoms with E-state index in [9.17, 15) is 22.8 Å². The third-order valence-corrected chi connectivity index (χ3v) is 6.68. The second kappa shape index (κ2) is 10.6. The van der Waals surface area contributed by atoms with E-state index >= 15 is 0 Å². The largest absolute Gasteiger partial charge is 0.354 e. The first-order valence-electron chi connectivity index (χ1n) is 12.3. The van der Waals surface area contributed by atoms with E-state index in [1.165, 1.54) is 18.3 Å². The highest BCUT2D eigenvalue weighted by molar-refractivity contribution is 6.04. The van der Waals surface area contributed by atoms with Crippen molar-refractivity contribution in [1.29, 1.82) is 0 Å². The lowest BCUT2D eigenvalue weighted by molar-refractivity contribution is -0.118. The summed E-state index contributed by atoms with van der Waals surface area (Å²) in [7, 11) is 1.70. The number of hydrogen-bond donors (Lipinski definition) is 2. The Labute approximate surface area is 222 Å². The lowest BCUT2D eigenvalue weighted by atomic mass is 9.95. The van der Waals surface area contributed by atoms with Gasteiger partial charge in [0, 0.05) is 37.0 Å². The fourth-order valence-corrected chi connectivity index (χ4v) is 4.85. The topological polar surface area (TPSA) is 79.8 Å². The third-order valence-electron chi connectivity index (χ3n) is 6.68. The van der Waals surface area contributed by atoms with Gasteiger partial charge in [0.25, 0.3) is 5.56 Å². The number of halogens is 3. The fraction of sp³-hybridized carbons (Fsp3) is 0.167. The molecule has 0 fully saturated rings. The number of amides is 1. The quantitative estimate of drug-likeness (QED) is 0.255. The summed E-state index contributed by atoms with van der Waals surface area (Å²) < 4.78 is 41.6. The van der Waals surface area contributed by atoms with Crippen molar-refractivity contribution >= 4 is 22.6 Å². The number of alkyl halides is 2. The standard InChI is InChI=1S/C30H25F3N4O2/c1-17-16-37(2)30(39)26-25(19-6-4-3-5-7-19)28(36-27(17)26)20-12-13-34-24(14-20)35-29(38)22(15-23(32)33)18-8-10-21(31)11-9-18/h3-14,16,22-23,36H,15H2,1-2H3,(H,34,35,38). The number of carbonyl (C=O) groups excluding carboxylic acids is 1. The zero-order valence-corrected chi connectivity index (χ0v) is 21.2. The number of hydrogen-bond acceptors (Lipinski definition) is 3. The first-order chi connectivity index (χ1) is 18.7. The van der Waals surface area contributed by atoms with Crippen molar-refractivity contribution < 1.29 is 18.0 Å². The monoisotopic (exact) mass is 530 g/mol. The number of aromatic amines is 1. The molecule has 0 spiro atoms. The molecule has 1 unspecified atom stereocenters. The molecule has 9 heteroatoms. The van der Waals surface area contributed by atoms with Gasteiger partial charge in [-0.2, -0.15) is 0 Å². The highest BCUT2D eigenvalue weighted by Gasteiger charge is 2.26. The predicted molar refractivity (Wildman–Crippen MR) is 145 cm³/mol. The van der Waals surface area contributed by atoms with E-state index in [1.54, 1.807) is 29.9 Å². The minimum Gasteiger partial charge on any atom is -0.354 e. The molecule has 3 aromatic heterocycles. The second-order valence-corrected chi connectivity index (χ2v) is 9.37. The molecular weight excluding hydrogens is 505 g/mol. The molecule has 1 atom stereocenters. The van der Waals surface area contributed by atoms with Crippen LogP contribution in [0.2, 0.25) is 0 Å². The molecular formula is C30H25F3N4O2. The fourth-order valence-electron chi connectivity index (χ4n) is 4.85. The van der Waals surface area contributed by atoms with Crippen molar-refractivity contribution in [2.24, 2.45) is 7.05 Å². The number of aromatic nitrogens is 3. The van der Waals surface area contributed by atoms with Gasteiger partial charge in [0.15, 0.2) is 0 Å². The van der Waals surface area contributed by atoms with Crippen LogP contribution in [0.15, 0.2) is 83.9 Å². The zero-order chi connectivity index (χ0) is 27.7. The molecule has 39 heavy (non-hydrogen) atoms. The summed E-state index contributed by atoms with van der Waals surface area (Å²) >= 11 is 0. The molecule has 0 radical (unpaired) electrons. The summed E-state index contributed by atoms with van der Waals surface area (Å²) in [5.41, 5.74) is 4.53. The van der Waals surface area contributed by atoms with E-state index in [4.69, 9.17) is 0 Å². The van der Waals surface area contributed by atoms with Gasteiger partial charge >= 0.3 is 0 Å². The summed E-state index contributed by atoms with van der Waals surface area (Å²) in [4.78, 5) is 34.0. The van der Waals surface area contributed by atoms with Crippen LogP contribution in [-0.4, -0.2) is 26.9 Å². The Hall–Kier alpha value is -4.66. The molecule has 2 N–H and O–H groups in total. The van der Waals surface area contributed by atoms with E-state index in [2.05, 4.69) is 15.3 Å². The number of H-pyrrole nitrogens is 1. The highest BCUT2D eigenvalue weighted by Crippen LogP contribution is 2.38. The van der Waals surface area contributed by atoms with Crippen molar-refractivity contribution in [3.05, 3.63) is 106 Å². The van der Waals surface area contributed by atoms with Crippen molar-refractivity contribution in [1.82, 2.24) is 14.5 Å². The Bertz CT molecular complexity index is 1710.